The Morgan fingerprint density at radius 3 is 2.93 bits per heavy atom. The van der Waals surface area contributed by atoms with Crippen LogP contribution in [-0.4, -0.2) is 48.7 Å². The van der Waals surface area contributed by atoms with Gasteiger partial charge in [-0.1, -0.05) is 22.8 Å². The number of aromatic nitrogens is 1. The number of hydrogen-bond acceptors (Lipinski definition) is 4. The van der Waals surface area contributed by atoms with Gasteiger partial charge in [0.15, 0.2) is 5.96 Å². The van der Waals surface area contributed by atoms with Gasteiger partial charge in [0.1, 0.15) is 11.6 Å². The number of piperidine rings is 1. The molecule has 3 rings (SSSR count). The van der Waals surface area contributed by atoms with Gasteiger partial charge in [0.2, 0.25) is 0 Å². The zero-order valence-electron chi connectivity index (χ0n) is 17.3. The van der Waals surface area contributed by atoms with Crippen molar-refractivity contribution in [1.29, 1.82) is 0 Å². The molecule has 0 saturated carbocycles. The van der Waals surface area contributed by atoms with Crippen LogP contribution in [0.5, 0.6) is 0 Å². The summed E-state index contributed by atoms with van der Waals surface area (Å²) >= 11 is 6.19. The lowest BCUT2D eigenvalue weighted by atomic mass is 10.0. The molecule has 2 N–H and O–H groups in total. The molecule has 0 aliphatic carbocycles. The molecular formula is C21H29ClFN5O. The van der Waals surface area contributed by atoms with E-state index >= 15 is 0 Å². The van der Waals surface area contributed by atoms with E-state index in [0.29, 0.717) is 11.1 Å². The maximum Gasteiger partial charge on any atom is 0.191 e. The first-order valence-electron chi connectivity index (χ1n) is 10.0. The number of benzene rings is 1. The van der Waals surface area contributed by atoms with Crippen molar-refractivity contribution in [2.45, 2.75) is 45.7 Å². The number of nitrogens with zero attached hydrogens (tertiary/aromatic N) is 3. The summed E-state index contributed by atoms with van der Waals surface area (Å²) in [5.74, 6) is 1.36. The second kappa shape index (κ2) is 10.1. The van der Waals surface area contributed by atoms with Crippen molar-refractivity contribution >= 4 is 17.6 Å². The summed E-state index contributed by atoms with van der Waals surface area (Å²) in [5, 5.41) is 11.4. The normalized spacial score (nSPS) is 18.1. The number of aliphatic imine (C=N–C) groups is 1. The molecular weight excluding hydrogens is 393 g/mol. The minimum absolute atomic E-state index is 0.299. The van der Waals surface area contributed by atoms with Crippen LogP contribution in [0.25, 0.3) is 0 Å². The minimum Gasteiger partial charge on any atom is -0.361 e. The maximum absolute atomic E-state index is 13.3. The van der Waals surface area contributed by atoms with Gasteiger partial charge < -0.3 is 15.2 Å². The molecule has 0 radical (unpaired) electrons. The molecule has 0 amide bonds. The van der Waals surface area contributed by atoms with Gasteiger partial charge in [0.05, 0.1) is 5.69 Å². The number of guanidine groups is 1. The maximum atomic E-state index is 13.3. The van der Waals surface area contributed by atoms with Crippen LogP contribution in [0.1, 0.15) is 35.4 Å². The van der Waals surface area contributed by atoms with Gasteiger partial charge in [-0.15, -0.1) is 0 Å². The third-order valence-electron chi connectivity index (χ3n) is 5.33. The first-order valence-corrected chi connectivity index (χ1v) is 10.4. The second-order valence-corrected chi connectivity index (χ2v) is 7.91. The molecule has 1 fully saturated rings. The minimum atomic E-state index is -0.302. The summed E-state index contributed by atoms with van der Waals surface area (Å²) in [6.45, 7) is 7.26. The van der Waals surface area contributed by atoms with E-state index in [1.165, 1.54) is 12.1 Å². The highest BCUT2D eigenvalue weighted by Gasteiger charge is 2.21. The zero-order chi connectivity index (χ0) is 20.8. The highest BCUT2D eigenvalue weighted by Crippen LogP contribution is 2.21. The van der Waals surface area contributed by atoms with E-state index in [1.54, 1.807) is 13.1 Å². The van der Waals surface area contributed by atoms with Crippen LogP contribution in [0.2, 0.25) is 5.02 Å². The van der Waals surface area contributed by atoms with Crippen LogP contribution < -0.4 is 10.6 Å². The zero-order valence-corrected chi connectivity index (χ0v) is 18.0. The lowest BCUT2D eigenvalue weighted by Crippen LogP contribution is -2.51. The fourth-order valence-corrected chi connectivity index (χ4v) is 3.99. The molecule has 158 valence electrons. The number of hydrogen-bond donors (Lipinski definition) is 2. The first-order chi connectivity index (χ1) is 14.0. The van der Waals surface area contributed by atoms with Crippen molar-refractivity contribution in [2.75, 3.05) is 26.7 Å². The largest absolute Gasteiger partial charge is 0.361 e. The number of aryl methyl sites for hydroxylation is 2. The molecule has 0 bridgehead atoms. The third-order valence-corrected chi connectivity index (χ3v) is 5.68. The fourth-order valence-electron chi connectivity index (χ4n) is 3.76. The molecule has 1 aromatic heterocycles. The average molecular weight is 422 g/mol. The predicted octanol–water partition coefficient (Wildman–Crippen LogP) is 3.46. The van der Waals surface area contributed by atoms with Crippen molar-refractivity contribution in [1.82, 2.24) is 20.7 Å². The van der Waals surface area contributed by atoms with Crippen molar-refractivity contribution in [3.63, 3.8) is 0 Å². The van der Waals surface area contributed by atoms with Crippen LogP contribution in [0.3, 0.4) is 0 Å². The molecule has 1 aliphatic heterocycles. The Balaban J connectivity index is 1.49. The average Bonchev–Trinajstić information content (AvgIpc) is 3.01. The SMILES string of the molecule is CN=C(NCCc1c(C)noc1C)NC1CCCN(Cc2ccc(F)cc2Cl)C1. The van der Waals surface area contributed by atoms with Gasteiger partial charge in [-0.2, -0.15) is 0 Å². The Hall–Kier alpha value is -2.12. The van der Waals surface area contributed by atoms with Crippen molar-refractivity contribution in [2.24, 2.45) is 4.99 Å². The molecule has 29 heavy (non-hydrogen) atoms. The summed E-state index contributed by atoms with van der Waals surface area (Å²) < 4.78 is 18.5. The fraction of sp³-hybridized carbons (Fsp3) is 0.524. The van der Waals surface area contributed by atoms with Gasteiger partial charge >= 0.3 is 0 Å². The molecule has 1 aliphatic rings. The van der Waals surface area contributed by atoms with E-state index in [9.17, 15) is 4.39 Å². The number of nitrogens with one attached hydrogen (secondary N) is 2. The van der Waals surface area contributed by atoms with E-state index < -0.39 is 0 Å². The summed E-state index contributed by atoms with van der Waals surface area (Å²) in [5.41, 5.74) is 3.04. The molecule has 1 atom stereocenters. The van der Waals surface area contributed by atoms with E-state index in [4.69, 9.17) is 16.1 Å². The van der Waals surface area contributed by atoms with Crippen molar-refractivity contribution in [3.8, 4) is 0 Å². The summed E-state index contributed by atoms with van der Waals surface area (Å²) in [6.07, 6.45) is 3.01. The Labute approximate surface area is 176 Å². The molecule has 8 heteroatoms. The third kappa shape index (κ3) is 5.93. The van der Waals surface area contributed by atoms with E-state index in [1.807, 2.05) is 13.8 Å². The van der Waals surface area contributed by atoms with Crippen LogP contribution in [0.4, 0.5) is 4.39 Å². The highest BCUT2D eigenvalue weighted by molar-refractivity contribution is 6.31. The lowest BCUT2D eigenvalue weighted by molar-refractivity contribution is 0.192. The van der Waals surface area contributed by atoms with Crippen LogP contribution in [0.15, 0.2) is 27.7 Å². The Morgan fingerprint density at radius 1 is 1.41 bits per heavy atom. The smallest absolute Gasteiger partial charge is 0.191 e. The lowest BCUT2D eigenvalue weighted by Gasteiger charge is -2.34. The molecule has 2 aromatic rings. The molecule has 2 heterocycles. The standard InChI is InChI=1S/C21H29ClFN5O/c1-14-19(15(2)29-27-14)8-9-25-21(24-3)26-18-5-4-10-28(13-18)12-16-6-7-17(23)11-20(16)22/h6-7,11,18H,4-5,8-10,12-13H2,1-3H3,(H2,24,25,26). The molecule has 6 nitrogen and oxygen atoms in total. The van der Waals surface area contributed by atoms with Gasteiger partial charge in [0.25, 0.3) is 0 Å². The van der Waals surface area contributed by atoms with Crippen LogP contribution in [-0.2, 0) is 13.0 Å². The van der Waals surface area contributed by atoms with Crippen molar-refractivity contribution in [3.05, 3.63) is 51.6 Å². The Morgan fingerprint density at radius 2 is 2.24 bits per heavy atom. The van der Waals surface area contributed by atoms with Crippen molar-refractivity contribution < 1.29 is 8.91 Å². The second-order valence-electron chi connectivity index (χ2n) is 7.51. The van der Waals surface area contributed by atoms with Gasteiger partial charge in [0, 0.05) is 43.3 Å². The molecule has 1 saturated heterocycles. The number of likely N-dealkylation sites (tertiary alicyclic amines) is 1. The number of halogens is 2. The van der Waals surface area contributed by atoms with Gasteiger partial charge in [-0.25, -0.2) is 4.39 Å². The summed E-state index contributed by atoms with van der Waals surface area (Å²) in [4.78, 5) is 6.70. The molecule has 0 spiro atoms. The quantitative estimate of drug-likeness (QED) is 0.552. The first kappa shape index (κ1) is 21.6. The Kier molecular flexibility index (Phi) is 7.50. The van der Waals surface area contributed by atoms with Gasteiger partial charge in [-0.3, -0.25) is 9.89 Å². The topological polar surface area (TPSA) is 65.7 Å². The van der Waals surface area contributed by atoms with Crippen LogP contribution >= 0.6 is 11.6 Å². The molecule has 1 aromatic carbocycles. The monoisotopic (exact) mass is 421 g/mol. The highest BCUT2D eigenvalue weighted by atomic mass is 35.5. The van der Waals surface area contributed by atoms with Gasteiger partial charge in [-0.05, 0) is 57.4 Å². The number of rotatable bonds is 6. The van der Waals surface area contributed by atoms with Crippen LogP contribution in [0, 0.1) is 19.7 Å². The van der Waals surface area contributed by atoms with E-state index in [2.05, 4.69) is 25.7 Å². The summed E-state index contributed by atoms with van der Waals surface area (Å²) in [6, 6.07) is 4.91. The van der Waals surface area contributed by atoms with E-state index in [0.717, 1.165) is 74.0 Å². The van der Waals surface area contributed by atoms with E-state index in [-0.39, 0.29) is 5.82 Å². The molecule has 1 unspecified atom stereocenters. The Bertz CT molecular complexity index is 834. The predicted molar refractivity (Wildman–Crippen MR) is 114 cm³/mol. The summed E-state index contributed by atoms with van der Waals surface area (Å²) in [7, 11) is 1.78.